The summed E-state index contributed by atoms with van der Waals surface area (Å²) in [5, 5.41) is 0.825. The third-order valence-corrected chi connectivity index (χ3v) is 6.61. The number of fused-ring (bicyclic) bond motifs is 2. The number of aromatic amines is 1. The van der Waals surface area contributed by atoms with Gasteiger partial charge in [0.05, 0.1) is 25.3 Å². The molecule has 0 spiro atoms. The summed E-state index contributed by atoms with van der Waals surface area (Å²) in [6.07, 6.45) is 8.08. The van der Waals surface area contributed by atoms with Crippen LogP contribution in [0.15, 0.2) is 49.1 Å². The number of benzene rings is 1. The SMILES string of the molecule is C[n+]1c[nH]cc1CN1CCN(C2c3ccc(Cl)cc3CCc3cccnc32)CC1. The Balaban J connectivity index is 1.41. The zero-order valence-corrected chi connectivity index (χ0v) is 17.6. The Hall–Kier alpha value is -2.21. The minimum absolute atomic E-state index is 0.214. The molecule has 1 aliphatic carbocycles. The van der Waals surface area contributed by atoms with Crippen molar-refractivity contribution in [1.29, 1.82) is 0 Å². The van der Waals surface area contributed by atoms with Crippen LogP contribution < -0.4 is 4.57 Å². The number of aromatic nitrogens is 3. The van der Waals surface area contributed by atoms with E-state index in [4.69, 9.17) is 16.6 Å². The van der Waals surface area contributed by atoms with E-state index in [-0.39, 0.29) is 6.04 Å². The average Bonchev–Trinajstić information content (AvgIpc) is 3.06. The topological polar surface area (TPSA) is 39.0 Å². The quantitative estimate of drug-likeness (QED) is 0.677. The van der Waals surface area contributed by atoms with Crippen molar-refractivity contribution in [1.82, 2.24) is 19.8 Å². The predicted octanol–water partition coefficient (Wildman–Crippen LogP) is 2.89. The van der Waals surface area contributed by atoms with Gasteiger partial charge in [-0.05, 0) is 47.7 Å². The maximum Gasteiger partial charge on any atom is 0.241 e. The first-order valence-corrected chi connectivity index (χ1v) is 10.8. The number of halogens is 1. The molecule has 3 heterocycles. The minimum Gasteiger partial charge on any atom is -0.293 e. The molecule has 150 valence electrons. The molecule has 0 bridgehead atoms. The van der Waals surface area contributed by atoms with Crippen LogP contribution in [0.25, 0.3) is 0 Å². The van der Waals surface area contributed by atoms with Crippen LogP contribution in [0.4, 0.5) is 0 Å². The number of nitrogens with zero attached hydrogens (tertiary/aromatic N) is 4. The summed E-state index contributed by atoms with van der Waals surface area (Å²) < 4.78 is 2.16. The highest BCUT2D eigenvalue weighted by atomic mass is 35.5. The molecule has 1 aliphatic heterocycles. The Morgan fingerprint density at radius 2 is 1.97 bits per heavy atom. The lowest BCUT2D eigenvalue weighted by Gasteiger charge is -2.39. The molecule has 1 aromatic carbocycles. The number of hydrogen-bond acceptors (Lipinski definition) is 3. The number of hydrogen-bond donors (Lipinski definition) is 1. The van der Waals surface area contributed by atoms with Crippen molar-refractivity contribution in [2.24, 2.45) is 7.05 Å². The van der Waals surface area contributed by atoms with Crippen LogP contribution in [0, 0.1) is 0 Å². The monoisotopic (exact) mass is 408 g/mol. The number of pyridine rings is 1. The zero-order chi connectivity index (χ0) is 19.8. The third kappa shape index (κ3) is 3.70. The summed E-state index contributed by atoms with van der Waals surface area (Å²) in [5.41, 5.74) is 6.64. The highest BCUT2D eigenvalue weighted by Crippen LogP contribution is 2.37. The Kier molecular flexibility index (Phi) is 5.12. The smallest absolute Gasteiger partial charge is 0.241 e. The number of piperazine rings is 1. The molecule has 2 aromatic heterocycles. The van der Waals surface area contributed by atoms with Gasteiger partial charge in [-0.1, -0.05) is 23.7 Å². The normalized spacial score (nSPS) is 20.1. The number of H-pyrrole nitrogens is 1. The Labute approximate surface area is 176 Å². The summed E-state index contributed by atoms with van der Waals surface area (Å²) in [5.74, 6) is 0. The van der Waals surface area contributed by atoms with E-state index in [9.17, 15) is 0 Å². The van der Waals surface area contributed by atoms with Crippen molar-refractivity contribution in [3.63, 3.8) is 0 Å². The molecule has 1 N–H and O–H groups in total. The van der Waals surface area contributed by atoms with Crippen molar-refractivity contribution >= 4 is 11.6 Å². The Morgan fingerprint density at radius 1 is 1.14 bits per heavy atom. The van der Waals surface area contributed by atoms with Gasteiger partial charge in [-0.3, -0.25) is 14.8 Å². The van der Waals surface area contributed by atoms with E-state index in [1.54, 1.807) is 0 Å². The van der Waals surface area contributed by atoms with Gasteiger partial charge in [-0.25, -0.2) is 9.55 Å². The van der Waals surface area contributed by atoms with Crippen LogP contribution in [0.1, 0.15) is 34.1 Å². The average molecular weight is 409 g/mol. The fraction of sp³-hybridized carbons (Fsp3) is 0.391. The molecule has 2 aliphatic rings. The molecule has 1 saturated heterocycles. The van der Waals surface area contributed by atoms with Gasteiger partial charge in [0, 0.05) is 37.4 Å². The first kappa shape index (κ1) is 18.8. The fourth-order valence-electron chi connectivity index (χ4n) is 4.75. The van der Waals surface area contributed by atoms with E-state index >= 15 is 0 Å². The van der Waals surface area contributed by atoms with E-state index in [2.05, 4.69) is 56.9 Å². The van der Waals surface area contributed by atoms with E-state index in [1.165, 1.54) is 28.1 Å². The van der Waals surface area contributed by atoms with E-state index in [1.807, 2.05) is 18.6 Å². The molecular weight excluding hydrogens is 382 g/mol. The number of aryl methyl sites for hydroxylation is 3. The molecule has 6 heteroatoms. The molecule has 0 amide bonds. The molecule has 0 radical (unpaired) electrons. The van der Waals surface area contributed by atoms with Gasteiger partial charge in [0.2, 0.25) is 6.33 Å². The second kappa shape index (κ2) is 7.90. The van der Waals surface area contributed by atoms with Gasteiger partial charge in [-0.15, -0.1) is 0 Å². The molecular formula is C23H27ClN5+. The first-order valence-electron chi connectivity index (χ1n) is 10.4. The minimum atomic E-state index is 0.214. The van der Waals surface area contributed by atoms with E-state index in [0.29, 0.717) is 0 Å². The van der Waals surface area contributed by atoms with E-state index in [0.717, 1.165) is 50.6 Å². The molecule has 3 aromatic rings. The van der Waals surface area contributed by atoms with Crippen molar-refractivity contribution in [2.75, 3.05) is 26.2 Å². The molecule has 29 heavy (non-hydrogen) atoms. The summed E-state index contributed by atoms with van der Waals surface area (Å²) >= 11 is 6.33. The van der Waals surface area contributed by atoms with Crippen LogP contribution in [0.5, 0.6) is 0 Å². The van der Waals surface area contributed by atoms with Crippen molar-refractivity contribution in [3.05, 3.63) is 82.2 Å². The lowest BCUT2D eigenvalue weighted by Crippen LogP contribution is -2.48. The maximum absolute atomic E-state index is 6.33. The first-order chi connectivity index (χ1) is 14.2. The highest BCUT2D eigenvalue weighted by molar-refractivity contribution is 6.30. The molecule has 1 atom stereocenters. The van der Waals surface area contributed by atoms with Gasteiger partial charge < -0.3 is 0 Å². The van der Waals surface area contributed by atoms with Crippen molar-refractivity contribution < 1.29 is 4.57 Å². The lowest BCUT2D eigenvalue weighted by molar-refractivity contribution is -0.678. The molecule has 5 rings (SSSR count). The highest BCUT2D eigenvalue weighted by Gasteiger charge is 2.32. The third-order valence-electron chi connectivity index (χ3n) is 6.38. The Morgan fingerprint density at radius 3 is 2.76 bits per heavy atom. The zero-order valence-electron chi connectivity index (χ0n) is 16.8. The fourth-order valence-corrected chi connectivity index (χ4v) is 4.94. The molecule has 5 nitrogen and oxygen atoms in total. The largest absolute Gasteiger partial charge is 0.293 e. The Bertz CT molecular complexity index is 1010. The number of nitrogens with one attached hydrogen (secondary N) is 1. The second-order valence-electron chi connectivity index (χ2n) is 8.15. The standard InChI is InChI=1S/C23H26ClN5/c1-27-16-25-14-20(27)15-28-9-11-29(12-10-28)23-21-7-6-19(24)13-18(21)5-4-17-3-2-8-26-22(17)23/h2-3,6-8,13-14,16,23H,4-5,9-12,15H2,1H3/p+1. The van der Waals surface area contributed by atoms with Gasteiger partial charge in [-0.2, -0.15) is 0 Å². The molecule has 1 fully saturated rings. The van der Waals surface area contributed by atoms with Gasteiger partial charge >= 0.3 is 0 Å². The maximum atomic E-state index is 6.33. The summed E-state index contributed by atoms with van der Waals surface area (Å²) in [7, 11) is 2.10. The summed E-state index contributed by atoms with van der Waals surface area (Å²) in [6.45, 7) is 5.19. The second-order valence-corrected chi connectivity index (χ2v) is 8.58. The van der Waals surface area contributed by atoms with Crippen LogP contribution in [-0.4, -0.2) is 45.9 Å². The van der Waals surface area contributed by atoms with Crippen molar-refractivity contribution in [2.45, 2.75) is 25.4 Å². The van der Waals surface area contributed by atoms with Crippen LogP contribution in [0.2, 0.25) is 5.02 Å². The lowest BCUT2D eigenvalue weighted by atomic mass is 9.96. The molecule has 0 saturated carbocycles. The summed E-state index contributed by atoms with van der Waals surface area (Å²) in [4.78, 5) is 13.2. The number of rotatable bonds is 3. The van der Waals surface area contributed by atoms with Gasteiger partial charge in [0.15, 0.2) is 5.69 Å². The van der Waals surface area contributed by atoms with Crippen molar-refractivity contribution in [3.8, 4) is 0 Å². The van der Waals surface area contributed by atoms with Gasteiger partial charge in [0.25, 0.3) is 0 Å². The van der Waals surface area contributed by atoms with Crippen LogP contribution in [-0.2, 0) is 26.4 Å². The van der Waals surface area contributed by atoms with E-state index < -0.39 is 0 Å². The number of imidazole rings is 1. The van der Waals surface area contributed by atoms with Crippen LogP contribution in [0.3, 0.4) is 0 Å². The molecule has 1 unspecified atom stereocenters. The summed E-state index contributed by atoms with van der Waals surface area (Å²) in [6, 6.07) is 10.9. The van der Waals surface area contributed by atoms with Crippen LogP contribution >= 0.6 is 11.6 Å². The van der Waals surface area contributed by atoms with Gasteiger partial charge in [0.1, 0.15) is 6.20 Å². The predicted molar refractivity (Wildman–Crippen MR) is 114 cm³/mol.